The van der Waals surface area contributed by atoms with Crippen molar-refractivity contribution in [2.24, 2.45) is 0 Å². The summed E-state index contributed by atoms with van der Waals surface area (Å²) in [5.41, 5.74) is 8.29. The van der Waals surface area contributed by atoms with E-state index in [4.69, 9.17) is 27.8 Å². The maximum atomic E-state index is 7.22. The Morgan fingerprint density at radius 3 is 1.05 bits per heavy atom. The minimum atomic E-state index is -3.92. The van der Waals surface area contributed by atoms with Gasteiger partial charge in [-0.15, -0.1) is 0 Å². The summed E-state index contributed by atoms with van der Waals surface area (Å²) in [4.78, 5) is 10.00. The first-order chi connectivity index (χ1) is 20.0. The van der Waals surface area contributed by atoms with Gasteiger partial charge in [-0.05, 0) is 0 Å². The average Bonchev–Trinajstić information content (AvgIpc) is 3.02. The van der Waals surface area contributed by atoms with E-state index in [2.05, 4.69) is 72.8 Å². The molecule has 0 spiro atoms. The summed E-state index contributed by atoms with van der Waals surface area (Å²) in [6.07, 6.45) is 0. The zero-order valence-electron chi connectivity index (χ0n) is 21.8. The Morgan fingerprint density at radius 1 is 0.390 bits per heavy atom. The Bertz CT molecular complexity index is 1510. The second kappa shape index (κ2) is 13.1. The van der Waals surface area contributed by atoms with Gasteiger partial charge in [0.1, 0.15) is 0 Å². The molecule has 0 aliphatic heterocycles. The zero-order valence-corrected chi connectivity index (χ0v) is 27.8. The number of hydrogen-bond acceptors (Lipinski definition) is 4. The number of hydrogen-bond donors (Lipinski definition) is 0. The molecule has 2 nitrogen and oxygen atoms in total. The van der Waals surface area contributed by atoms with Gasteiger partial charge in [-0.1, -0.05) is 0 Å². The number of rotatable bonds is 8. The second-order valence-corrected chi connectivity index (χ2v) is 41.5. The third-order valence-corrected chi connectivity index (χ3v) is 24.9. The molecule has 200 valence electrons. The van der Waals surface area contributed by atoms with Gasteiger partial charge in [0.05, 0.1) is 0 Å². The molecule has 6 rings (SSSR count). The Morgan fingerprint density at radius 2 is 0.707 bits per heavy atom. The summed E-state index contributed by atoms with van der Waals surface area (Å²) in [5, 5.41) is 1.64. The number of aromatic nitrogens is 2. The Kier molecular flexibility index (Phi) is 9.04. The van der Waals surface area contributed by atoms with Crippen molar-refractivity contribution in [2.45, 2.75) is 10.1 Å². The van der Waals surface area contributed by atoms with Crippen LogP contribution in [0.4, 0.5) is 0 Å². The van der Waals surface area contributed by atoms with E-state index in [1.807, 2.05) is 72.8 Å². The van der Waals surface area contributed by atoms with Crippen LogP contribution in [-0.4, -0.2) is 23.3 Å². The fourth-order valence-corrected chi connectivity index (χ4v) is 22.6. The van der Waals surface area contributed by atoms with Crippen LogP contribution in [0.15, 0.2) is 156 Å². The molecule has 0 fully saturated rings. The summed E-state index contributed by atoms with van der Waals surface area (Å²) in [5.74, 6) is 0. The SMILES string of the molecule is [Cl][Sn]([Cl])([S]c1cc(-c2ccccc2)cc(-c2ccccc2)n1)[S]c1cc(-c2ccccc2)cc(-c2ccccc2)n1. The number of halogens is 2. The molecule has 0 aliphatic carbocycles. The van der Waals surface area contributed by atoms with Gasteiger partial charge in [-0.2, -0.15) is 0 Å². The fourth-order valence-electron chi connectivity index (χ4n) is 4.49. The van der Waals surface area contributed by atoms with Crippen molar-refractivity contribution < 1.29 is 0 Å². The van der Waals surface area contributed by atoms with E-state index in [0.29, 0.717) is 0 Å². The summed E-state index contributed by atoms with van der Waals surface area (Å²) in [7, 11) is 17.5. The third kappa shape index (κ3) is 7.37. The molecule has 0 amide bonds. The van der Waals surface area contributed by atoms with Crippen molar-refractivity contribution >= 4 is 49.1 Å². The molecule has 6 aromatic rings. The second-order valence-electron chi connectivity index (χ2n) is 9.29. The van der Waals surface area contributed by atoms with Crippen LogP contribution in [0.3, 0.4) is 0 Å². The van der Waals surface area contributed by atoms with Crippen LogP contribution >= 0.6 is 35.7 Å². The van der Waals surface area contributed by atoms with Gasteiger partial charge < -0.3 is 0 Å². The Balaban J connectivity index is 1.36. The molecule has 0 aliphatic rings. The van der Waals surface area contributed by atoms with Crippen LogP contribution in [0, 0.1) is 0 Å². The van der Waals surface area contributed by atoms with Crippen LogP contribution in [0.25, 0.3) is 44.8 Å². The Labute approximate surface area is 257 Å². The molecule has 7 heteroatoms. The third-order valence-electron chi connectivity index (χ3n) is 6.40. The molecule has 0 unspecified atom stereocenters. The predicted octanol–water partition coefficient (Wildman–Crippen LogP) is 10.9. The van der Waals surface area contributed by atoms with E-state index in [1.165, 1.54) is 17.9 Å². The summed E-state index contributed by atoms with van der Waals surface area (Å²) >= 11 is -3.92. The molecule has 0 atom stereocenters. The van der Waals surface area contributed by atoms with Crippen LogP contribution < -0.4 is 0 Å². The van der Waals surface area contributed by atoms with E-state index in [9.17, 15) is 0 Å². The van der Waals surface area contributed by atoms with Gasteiger partial charge in [-0.25, -0.2) is 0 Å². The van der Waals surface area contributed by atoms with Crippen LogP contribution in [0.1, 0.15) is 0 Å². The van der Waals surface area contributed by atoms with E-state index in [-0.39, 0.29) is 0 Å². The van der Waals surface area contributed by atoms with Crippen LogP contribution in [0.5, 0.6) is 0 Å². The molecular weight excluding hydrogens is 690 g/mol. The molecule has 0 radical (unpaired) electrons. The molecule has 0 bridgehead atoms. The van der Waals surface area contributed by atoms with Crippen LogP contribution in [0.2, 0.25) is 0 Å². The van der Waals surface area contributed by atoms with Crippen molar-refractivity contribution in [1.29, 1.82) is 0 Å². The maximum absolute atomic E-state index is 7.22. The molecule has 41 heavy (non-hydrogen) atoms. The topological polar surface area (TPSA) is 25.8 Å². The fraction of sp³-hybridized carbons (Fsp3) is 0. The van der Waals surface area contributed by atoms with E-state index >= 15 is 0 Å². The summed E-state index contributed by atoms with van der Waals surface area (Å²) in [6.45, 7) is 0. The monoisotopic (exact) mass is 714 g/mol. The van der Waals surface area contributed by atoms with E-state index in [1.54, 1.807) is 0 Å². The normalized spacial score (nSPS) is 11.4. The van der Waals surface area contributed by atoms with Gasteiger partial charge in [0.15, 0.2) is 0 Å². The summed E-state index contributed by atoms with van der Waals surface area (Å²) in [6, 6.07) is 49.5. The predicted molar refractivity (Wildman–Crippen MR) is 179 cm³/mol. The van der Waals surface area contributed by atoms with Crippen LogP contribution in [-0.2, 0) is 0 Å². The van der Waals surface area contributed by atoms with Crippen molar-refractivity contribution in [3.63, 3.8) is 0 Å². The minimum absolute atomic E-state index is 0.820. The van der Waals surface area contributed by atoms with Crippen molar-refractivity contribution in [1.82, 2.24) is 9.97 Å². The first kappa shape index (κ1) is 28.4. The van der Waals surface area contributed by atoms with Crippen molar-refractivity contribution in [3.05, 3.63) is 146 Å². The molecule has 2 heterocycles. The Hall–Kier alpha value is -2.74. The van der Waals surface area contributed by atoms with Crippen molar-refractivity contribution in [2.75, 3.05) is 0 Å². The zero-order chi connectivity index (χ0) is 28.1. The van der Waals surface area contributed by atoms with Gasteiger partial charge in [0, 0.05) is 0 Å². The van der Waals surface area contributed by atoms with E-state index < -0.39 is 13.4 Å². The van der Waals surface area contributed by atoms with E-state index in [0.717, 1.165) is 54.8 Å². The molecule has 0 saturated carbocycles. The van der Waals surface area contributed by atoms with Crippen molar-refractivity contribution in [3.8, 4) is 44.8 Å². The standard InChI is InChI=1S/2C17H13NS.2ClH.Sn/c2*19-17-12-15(13-7-3-1-4-8-13)11-16(18-17)14-9-5-2-6-10-14;;;/h2*1-12H,(H,18,19);2*1H;/q;;;;+4/p-4. The number of benzene rings is 4. The molecular formula is C34H24Cl2N2S2Sn. The number of nitrogens with zero attached hydrogens (tertiary/aromatic N) is 2. The van der Waals surface area contributed by atoms with Gasteiger partial charge >= 0.3 is 259 Å². The summed E-state index contributed by atoms with van der Waals surface area (Å²) < 4.78 is 0. The molecule has 0 saturated heterocycles. The molecule has 0 N–H and O–H groups in total. The first-order valence-electron chi connectivity index (χ1n) is 13.0. The quantitative estimate of drug-likeness (QED) is 0.147. The van der Waals surface area contributed by atoms with Gasteiger partial charge in [-0.3, -0.25) is 0 Å². The first-order valence-corrected chi connectivity index (χ1v) is 28.9. The molecule has 4 aromatic carbocycles. The molecule has 2 aromatic heterocycles. The van der Waals surface area contributed by atoms with Gasteiger partial charge in [0.2, 0.25) is 0 Å². The average molecular weight is 714 g/mol. The van der Waals surface area contributed by atoms with Gasteiger partial charge in [0.25, 0.3) is 0 Å². The number of pyridine rings is 2.